The molecule has 0 atom stereocenters. The van der Waals surface area contributed by atoms with Crippen LogP contribution in [0.3, 0.4) is 0 Å². The minimum absolute atomic E-state index is 0.181. The molecule has 4 rings (SSSR count). The summed E-state index contributed by atoms with van der Waals surface area (Å²) in [6.45, 7) is 1.41. The van der Waals surface area contributed by atoms with Crippen LogP contribution < -0.4 is 10.9 Å². The Kier molecular flexibility index (Phi) is 5.33. The van der Waals surface area contributed by atoms with Gasteiger partial charge in [0.2, 0.25) is 0 Å². The number of halogens is 1. The number of fused-ring (bicyclic) bond motifs is 3. The molecule has 0 aliphatic carbocycles. The lowest BCUT2D eigenvalue weighted by atomic mass is 10.1. The van der Waals surface area contributed by atoms with Crippen LogP contribution in [0, 0.1) is 5.82 Å². The van der Waals surface area contributed by atoms with Crippen LogP contribution in [0.5, 0.6) is 0 Å². The lowest BCUT2D eigenvalue weighted by molar-refractivity contribution is 0.0951. The first-order chi connectivity index (χ1) is 14.4. The van der Waals surface area contributed by atoms with E-state index in [0.717, 1.165) is 6.54 Å². The van der Waals surface area contributed by atoms with E-state index in [0.29, 0.717) is 34.2 Å². The van der Waals surface area contributed by atoms with Gasteiger partial charge in [-0.2, -0.15) is 5.10 Å². The lowest BCUT2D eigenvalue weighted by Crippen LogP contribution is -2.31. The van der Waals surface area contributed by atoms with Crippen molar-refractivity contribution in [3.05, 3.63) is 82.0 Å². The first kappa shape index (κ1) is 19.8. The van der Waals surface area contributed by atoms with Gasteiger partial charge >= 0.3 is 0 Å². The average molecular weight is 407 g/mol. The molecule has 2 aromatic heterocycles. The minimum Gasteiger partial charge on any atom is -0.351 e. The van der Waals surface area contributed by atoms with Gasteiger partial charge in [0.15, 0.2) is 0 Å². The second-order valence-electron chi connectivity index (χ2n) is 7.41. The topological polar surface area (TPSA) is 71.6 Å². The smallest absolute Gasteiger partial charge is 0.277 e. The van der Waals surface area contributed by atoms with Gasteiger partial charge in [-0.15, -0.1) is 0 Å². The minimum atomic E-state index is -0.365. The maximum Gasteiger partial charge on any atom is 0.277 e. The van der Waals surface area contributed by atoms with E-state index in [-0.39, 0.29) is 23.8 Å². The van der Waals surface area contributed by atoms with Gasteiger partial charge in [-0.05, 0) is 56.1 Å². The molecule has 1 amide bonds. The van der Waals surface area contributed by atoms with Crippen LogP contribution >= 0.6 is 0 Å². The molecule has 0 saturated heterocycles. The molecule has 0 saturated carbocycles. The first-order valence-corrected chi connectivity index (χ1v) is 9.62. The second kappa shape index (κ2) is 8.08. The molecule has 0 aliphatic heterocycles. The maximum atomic E-state index is 13.7. The molecule has 2 aromatic carbocycles. The van der Waals surface area contributed by atoms with Gasteiger partial charge in [-0.25, -0.2) is 8.91 Å². The number of carbonyl (C=O) groups excluding carboxylic acids is 1. The van der Waals surface area contributed by atoms with E-state index in [1.807, 2.05) is 19.0 Å². The predicted molar refractivity (Wildman–Crippen MR) is 113 cm³/mol. The predicted octanol–water partition coefficient (Wildman–Crippen LogP) is 2.13. The van der Waals surface area contributed by atoms with Crippen LogP contribution in [0.4, 0.5) is 4.39 Å². The number of likely N-dealkylation sites (N-methyl/N-ethyl adjacent to an activating group) is 1. The Bertz CT molecular complexity index is 1290. The quantitative estimate of drug-likeness (QED) is 0.532. The molecule has 4 aromatic rings. The maximum absolute atomic E-state index is 13.7. The number of benzene rings is 2. The summed E-state index contributed by atoms with van der Waals surface area (Å²) in [5.74, 6) is -0.583. The monoisotopic (exact) mass is 407 g/mol. The van der Waals surface area contributed by atoms with Crippen LogP contribution in [-0.2, 0) is 6.54 Å². The van der Waals surface area contributed by atoms with Crippen molar-refractivity contribution < 1.29 is 9.18 Å². The highest BCUT2D eigenvalue weighted by Crippen LogP contribution is 2.18. The zero-order valence-corrected chi connectivity index (χ0v) is 16.8. The summed E-state index contributed by atoms with van der Waals surface area (Å²) in [6, 6.07) is 13.0. The van der Waals surface area contributed by atoms with Gasteiger partial charge in [0.25, 0.3) is 11.5 Å². The number of hydrogen-bond acceptors (Lipinski definition) is 4. The molecular weight excluding hydrogens is 385 g/mol. The molecule has 0 bridgehead atoms. The fourth-order valence-electron chi connectivity index (χ4n) is 3.43. The summed E-state index contributed by atoms with van der Waals surface area (Å²) in [6.07, 6.45) is 1.56. The largest absolute Gasteiger partial charge is 0.351 e. The fraction of sp³-hybridized carbons (Fsp3) is 0.227. The van der Waals surface area contributed by atoms with Crippen molar-refractivity contribution >= 4 is 22.5 Å². The van der Waals surface area contributed by atoms with Crippen molar-refractivity contribution in [1.29, 1.82) is 0 Å². The molecule has 0 aliphatic rings. The second-order valence-corrected chi connectivity index (χ2v) is 7.41. The Labute approximate surface area is 172 Å². The van der Waals surface area contributed by atoms with Crippen molar-refractivity contribution in [2.75, 3.05) is 27.2 Å². The zero-order chi connectivity index (χ0) is 21.3. The zero-order valence-electron chi connectivity index (χ0n) is 16.8. The Morgan fingerprint density at radius 3 is 2.70 bits per heavy atom. The lowest BCUT2D eigenvalue weighted by Gasteiger charge is -2.14. The third-order valence-electron chi connectivity index (χ3n) is 4.94. The molecule has 154 valence electrons. The number of hydrogen-bond donors (Lipinski definition) is 1. The first-order valence-electron chi connectivity index (χ1n) is 9.62. The molecule has 0 radical (unpaired) electrons. The van der Waals surface area contributed by atoms with Gasteiger partial charge in [0.1, 0.15) is 11.3 Å². The number of nitrogens with one attached hydrogen (secondary N) is 1. The SMILES string of the molecule is CN(C)CCNC(=O)c1ccc2c(c1)n(Cc1cccc(F)c1)c(=O)c1ccnn12. The van der Waals surface area contributed by atoms with Gasteiger partial charge < -0.3 is 14.8 Å². The standard InChI is InChI=1S/C22H22FN5O2/c1-26(2)11-10-24-21(29)16-6-7-18-20(13-16)27(14-15-4-3-5-17(23)12-15)22(30)19-8-9-25-28(18)19/h3-9,12-13H,10-11,14H2,1-2H3,(H,24,29). The molecule has 8 heteroatoms. The molecular formula is C22H22FN5O2. The Morgan fingerprint density at radius 1 is 1.10 bits per heavy atom. The summed E-state index contributed by atoms with van der Waals surface area (Å²) in [4.78, 5) is 27.7. The van der Waals surface area contributed by atoms with Crippen molar-refractivity contribution in [2.45, 2.75) is 6.54 Å². The van der Waals surface area contributed by atoms with Gasteiger partial charge in [-0.3, -0.25) is 9.59 Å². The van der Waals surface area contributed by atoms with Crippen LogP contribution in [0.2, 0.25) is 0 Å². The molecule has 0 unspecified atom stereocenters. The third kappa shape index (κ3) is 3.81. The van der Waals surface area contributed by atoms with Gasteiger partial charge in [-0.1, -0.05) is 12.1 Å². The molecule has 0 fully saturated rings. The van der Waals surface area contributed by atoms with Crippen molar-refractivity contribution in [2.24, 2.45) is 0 Å². The molecule has 0 spiro atoms. The summed E-state index contributed by atoms with van der Waals surface area (Å²) >= 11 is 0. The highest BCUT2D eigenvalue weighted by molar-refractivity contribution is 5.97. The molecule has 30 heavy (non-hydrogen) atoms. The number of carbonyl (C=O) groups is 1. The fourth-order valence-corrected chi connectivity index (χ4v) is 3.43. The summed E-state index contributed by atoms with van der Waals surface area (Å²) in [7, 11) is 3.87. The molecule has 2 heterocycles. The van der Waals surface area contributed by atoms with Gasteiger partial charge in [0, 0.05) is 18.7 Å². The average Bonchev–Trinajstić information content (AvgIpc) is 3.20. The van der Waals surface area contributed by atoms with Crippen molar-refractivity contribution in [1.82, 2.24) is 24.4 Å². The van der Waals surface area contributed by atoms with E-state index in [9.17, 15) is 14.0 Å². The highest BCUT2D eigenvalue weighted by atomic mass is 19.1. The van der Waals surface area contributed by atoms with E-state index in [1.54, 1.807) is 51.7 Å². The van der Waals surface area contributed by atoms with E-state index in [1.165, 1.54) is 12.1 Å². The summed E-state index contributed by atoms with van der Waals surface area (Å²) < 4.78 is 16.8. The van der Waals surface area contributed by atoms with Crippen LogP contribution in [0.15, 0.2) is 59.5 Å². The van der Waals surface area contributed by atoms with Gasteiger partial charge in [0.05, 0.1) is 23.8 Å². The highest BCUT2D eigenvalue weighted by Gasteiger charge is 2.15. The molecule has 1 N–H and O–H groups in total. The summed E-state index contributed by atoms with van der Waals surface area (Å²) in [5.41, 5.74) is 2.51. The molecule has 7 nitrogen and oxygen atoms in total. The number of rotatable bonds is 6. The number of aromatic nitrogens is 3. The third-order valence-corrected chi connectivity index (χ3v) is 4.94. The van der Waals surface area contributed by atoms with Crippen LogP contribution in [0.1, 0.15) is 15.9 Å². The van der Waals surface area contributed by atoms with Crippen LogP contribution in [-0.4, -0.2) is 52.2 Å². The van der Waals surface area contributed by atoms with Crippen LogP contribution in [0.25, 0.3) is 16.6 Å². The van der Waals surface area contributed by atoms with E-state index >= 15 is 0 Å². The summed E-state index contributed by atoms with van der Waals surface area (Å²) in [5, 5.41) is 7.13. The number of nitrogens with zero attached hydrogens (tertiary/aromatic N) is 4. The van der Waals surface area contributed by atoms with Crippen molar-refractivity contribution in [3.63, 3.8) is 0 Å². The Morgan fingerprint density at radius 2 is 1.93 bits per heavy atom. The van der Waals surface area contributed by atoms with E-state index in [4.69, 9.17) is 0 Å². The van der Waals surface area contributed by atoms with E-state index in [2.05, 4.69) is 10.4 Å². The van der Waals surface area contributed by atoms with E-state index < -0.39 is 0 Å². The van der Waals surface area contributed by atoms with Crippen molar-refractivity contribution in [3.8, 4) is 0 Å². The Hall–Kier alpha value is -3.52. The number of amides is 1. The Balaban J connectivity index is 1.81. The normalized spacial score (nSPS) is 11.5.